The molecule has 5 nitrogen and oxygen atoms in total. The molecule has 0 saturated heterocycles. The summed E-state index contributed by atoms with van der Waals surface area (Å²) in [5.74, 6) is 1.94. The molecule has 6 heteroatoms. The smallest absolute Gasteiger partial charge is 0.165 e. The molecule has 0 atom stereocenters. The maximum absolute atomic E-state index is 6.85. The third kappa shape index (κ3) is 4.24. The molecule has 4 heterocycles. The molecule has 0 radical (unpaired) electrons. The normalized spacial score (nSPS) is 11.9. The highest BCUT2D eigenvalue weighted by Gasteiger charge is 2.22. The van der Waals surface area contributed by atoms with Gasteiger partial charge in [-0.15, -0.1) is 11.3 Å². The monoisotopic (exact) mass is 670 g/mol. The summed E-state index contributed by atoms with van der Waals surface area (Å²) in [7, 11) is 0. The van der Waals surface area contributed by atoms with Crippen molar-refractivity contribution in [1.82, 2.24) is 19.5 Å². The SMILES string of the molecule is c1ccc(-c2nc(-c3ccccc3)nc(-c3cccc4c3sc3ccc5c(oc6cccc(-n7c8ccccc8c8ccccc87)c65)c34)n2)cc1. The summed E-state index contributed by atoms with van der Waals surface area (Å²) >= 11 is 1.75. The maximum atomic E-state index is 6.85. The van der Waals surface area contributed by atoms with Crippen LogP contribution >= 0.6 is 11.3 Å². The van der Waals surface area contributed by atoms with E-state index in [-0.39, 0.29) is 0 Å². The van der Waals surface area contributed by atoms with Gasteiger partial charge in [0.2, 0.25) is 0 Å². The van der Waals surface area contributed by atoms with Gasteiger partial charge >= 0.3 is 0 Å². The van der Waals surface area contributed by atoms with Gasteiger partial charge in [-0.3, -0.25) is 0 Å². The summed E-state index contributed by atoms with van der Waals surface area (Å²) in [6.07, 6.45) is 0. The van der Waals surface area contributed by atoms with Crippen molar-refractivity contribution in [1.29, 1.82) is 0 Å². The highest BCUT2D eigenvalue weighted by Crippen LogP contribution is 2.46. The van der Waals surface area contributed by atoms with Crippen LogP contribution in [0.25, 0.3) is 104 Å². The van der Waals surface area contributed by atoms with Gasteiger partial charge in [0.05, 0.1) is 22.1 Å². The molecule has 0 aliphatic rings. The Hall–Kier alpha value is -6.63. The van der Waals surface area contributed by atoms with Crippen LogP contribution in [0.4, 0.5) is 0 Å². The van der Waals surface area contributed by atoms with Crippen molar-refractivity contribution in [2.45, 2.75) is 0 Å². The van der Waals surface area contributed by atoms with Gasteiger partial charge < -0.3 is 8.98 Å². The molecular weight excluding hydrogens is 645 g/mol. The number of hydrogen-bond donors (Lipinski definition) is 0. The van der Waals surface area contributed by atoms with Crippen LogP contribution in [-0.2, 0) is 0 Å². The topological polar surface area (TPSA) is 56.7 Å². The molecule has 0 fully saturated rings. The van der Waals surface area contributed by atoms with Crippen LogP contribution in [0.2, 0.25) is 0 Å². The fourth-order valence-electron chi connectivity index (χ4n) is 7.62. The second kappa shape index (κ2) is 10.9. The van der Waals surface area contributed by atoms with Crippen LogP contribution < -0.4 is 0 Å². The molecule has 0 unspecified atom stereocenters. The van der Waals surface area contributed by atoms with Gasteiger partial charge in [-0.05, 0) is 42.5 Å². The van der Waals surface area contributed by atoms with Gasteiger partial charge in [0, 0.05) is 53.0 Å². The molecule has 0 saturated carbocycles. The lowest BCUT2D eigenvalue weighted by molar-refractivity contribution is 0.673. The Kier molecular flexibility index (Phi) is 6.05. The highest BCUT2D eigenvalue weighted by molar-refractivity contribution is 7.26. The van der Waals surface area contributed by atoms with Crippen molar-refractivity contribution >= 4 is 75.3 Å². The summed E-state index contributed by atoms with van der Waals surface area (Å²) in [6.45, 7) is 0. The Bertz CT molecular complexity index is 3030. The van der Waals surface area contributed by atoms with E-state index in [0.29, 0.717) is 17.5 Å². The van der Waals surface area contributed by atoms with Crippen molar-refractivity contribution in [3.63, 3.8) is 0 Å². The predicted molar refractivity (Wildman–Crippen MR) is 211 cm³/mol. The van der Waals surface area contributed by atoms with Crippen LogP contribution in [-0.4, -0.2) is 19.5 Å². The zero-order valence-electron chi connectivity index (χ0n) is 27.1. The Morgan fingerprint density at radius 2 is 1.04 bits per heavy atom. The summed E-state index contributed by atoms with van der Waals surface area (Å²) in [5, 5.41) is 6.91. The molecule has 7 aromatic carbocycles. The van der Waals surface area contributed by atoms with E-state index in [1.165, 1.54) is 21.8 Å². The molecule has 0 amide bonds. The second-order valence-corrected chi connectivity index (χ2v) is 13.8. The van der Waals surface area contributed by atoms with E-state index < -0.39 is 0 Å². The molecule has 51 heavy (non-hydrogen) atoms. The Labute approximate surface area is 295 Å². The molecule has 4 aromatic heterocycles. The first-order valence-corrected chi connectivity index (χ1v) is 17.8. The van der Waals surface area contributed by atoms with E-state index in [9.17, 15) is 0 Å². The van der Waals surface area contributed by atoms with Crippen LogP contribution in [0.5, 0.6) is 0 Å². The lowest BCUT2D eigenvalue weighted by atomic mass is 10.0. The van der Waals surface area contributed by atoms with Crippen molar-refractivity contribution < 1.29 is 4.42 Å². The Morgan fingerprint density at radius 1 is 0.451 bits per heavy atom. The van der Waals surface area contributed by atoms with Gasteiger partial charge in [0.1, 0.15) is 11.2 Å². The Morgan fingerprint density at radius 3 is 1.73 bits per heavy atom. The van der Waals surface area contributed by atoms with Gasteiger partial charge in [-0.2, -0.15) is 0 Å². The number of para-hydroxylation sites is 2. The molecule has 11 rings (SSSR count). The predicted octanol–water partition coefficient (Wildman–Crippen LogP) is 12.2. The summed E-state index contributed by atoms with van der Waals surface area (Å²) in [4.78, 5) is 15.0. The number of nitrogens with zero attached hydrogens (tertiary/aromatic N) is 4. The van der Waals surface area contributed by atoms with E-state index in [4.69, 9.17) is 19.4 Å². The third-order valence-electron chi connectivity index (χ3n) is 9.86. The van der Waals surface area contributed by atoms with E-state index >= 15 is 0 Å². The Balaban J connectivity index is 1.17. The highest BCUT2D eigenvalue weighted by atomic mass is 32.1. The minimum Gasteiger partial charge on any atom is -0.455 e. The number of thiophene rings is 1. The first kappa shape index (κ1) is 28.2. The first-order valence-electron chi connectivity index (χ1n) is 17.0. The van der Waals surface area contributed by atoms with Gasteiger partial charge in [-0.25, -0.2) is 15.0 Å². The minimum absolute atomic E-state index is 0.648. The first-order chi connectivity index (χ1) is 25.3. The van der Waals surface area contributed by atoms with Crippen molar-refractivity contribution in [2.75, 3.05) is 0 Å². The van der Waals surface area contributed by atoms with Crippen LogP contribution in [0.1, 0.15) is 0 Å². The van der Waals surface area contributed by atoms with Gasteiger partial charge in [-0.1, -0.05) is 115 Å². The lowest BCUT2D eigenvalue weighted by Gasteiger charge is -2.09. The number of aromatic nitrogens is 4. The molecule has 0 N–H and O–H groups in total. The number of fused-ring (bicyclic) bond motifs is 10. The van der Waals surface area contributed by atoms with Crippen LogP contribution in [0, 0.1) is 0 Å². The number of benzene rings is 7. The van der Waals surface area contributed by atoms with Crippen molar-refractivity contribution in [3.05, 3.63) is 158 Å². The standard InChI is InChI=1S/C45H26N4OS/c1-3-13-27(14-4-1)43-46-44(28-15-5-2-6-16-28)48-45(47-43)33-20-11-19-32-40-38(51-42(32)33)26-25-31-39-36(23-12-24-37(39)50-41(31)40)49-34-21-9-7-17-29(34)30-18-8-10-22-35(30)49/h1-26H. The second-order valence-electron chi connectivity index (χ2n) is 12.8. The number of rotatable bonds is 4. The number of hydrogen-bond acceptors (Lipinski definition) is 5. The van der Waals surface area contributed by atoms with Crippen LogP contribution in [0.3, 0.4) is 0 Å². The fraction of sp³-hybridized carbons (Fsp3) is 0. The average Bonchev–Trinajstić information content (AvgIpc) is 3.88. The molecule has 0 spiro atoms. The molecule has 238 valence electrons. The van der Waals surface area contributed by atoms with E-state index in [1.54, 1.807) is 11.3 Å². The third-order valence-corrected chi connectivity index (χ3v) is 11.1. The molecule has 11 aromatic rings. The minimum atomic E-state index is 0.648. The van der Waals surface area contributed by atoms with E-state index in [1.807, 2.05) is 60.7 Å². The zero-order valence-corrected chi connectivity index (χ0v) is 27.9. The average molecular weight is 671 g/mol. The summed E-state index contributed by atoms with van der Waals surface area (Å²) in [6, 6.07) is 54.8. The van der Waals surface area contributed by atoms with Crippen molar-refractivity contribution in [3.8, 4) is 39.9 Å². The molecular formula is C45H26N4OS. The zero-order chi connectivity index (χ0) is 33.5. The van der Waals surface area contributed by atoms with E-state index in [0.717, 1.165) is 64.5 Å². The molecule has 0 aliphatic carbocycles. The fourth-order valence-corrected chi connectivity index (χ4v) is 8.83. The largest absolute Gasteiger partial charge is 0.455 e. The summed E-state index contributed by atoms with van der Waals surface area (Å²) in [5.41, 5.74) is 8.09. The maximum Gasteiger partial charge on any atom is 0.165 e. The summed E-state index contributed by atoms with van der Waals surface area (Å²) < 4.78 is 11.5. The van der Waals surface area contributed by atoms with Gasteiger partial charge in [0.25, 0.3) is 0 Å². The molecule has 0 aliphatic heterocycles. The van der Waals surface area contributed by atoms with E-state index in [2.05, 4.69) is 102 Å². The number of furan rings is 1. The van der Waals surface area contributed by atoms with Crippen LogP contribution in [0.15, 0.2) is 162 Å². The van der Waals surface area contributed by atoms with Gasteiger partial charge in [0.15, 0.2) is 17.5 Å². The lowest BCUT2D eigenvalue weighted by Crippen LogP contribution is -2.00. The van der Waals surface area contributed by atoms with Crippen molar-refractivity contribution in [2.24, 2.45) is 0 Å². The quantitative estimate of drug-likeness (QED) is 0.187. The molecule has 0 bridgehead atoms.